The molecular weight excluding hydrogens is 228 g/mol. The molecule has 1 atom stereocenters. The Labute approximate surface area is 87.6 Å². The lowest BCUT2D eigenvalue weighted by Gasteiger charge is -2.15. The summed E-state index contributed by atoms with van der Waals surface area (Å²) >= 11 is 3.44. The van der Waals surface area contributed by atoms with Gasteiger partial charge in [-0.3, -0.25) is 0 Å². The van der Waals surface area contributed by atoms with E-state index in [1.165, 1.54) is 5.56 Å². The Kier molecular flexibility index (Phi) is 3.75. The Bertz CT molecular complexity index is 286. The number of nitrogens with one attached hydrogen (secondary N) is 1. The standard InChI is InChI=1S/C10H15BrN2/c1-7-3-4-9(11)5-10(7)13-8(2)6-12/h3-5,8,13H,6,12H2,1-2H3. The van der Waals surface area contributed by atoms with Crippen LogP contribution >= 0.6 is 15.9 Å². The van der Waals surface area contributed by atoms with Crippen LogP contribution in [0.3, 0.4) is 0 Å². The van der Waals surface area contributed by atoms with Crippen molar-refractivity contribution in [3.8, 4) is 0 Å². The third kappa shape index (κ3) is 3.01. The van der Waals surface area contributed by atoms with E-state index in [2.05, 4.69) is 47.2 Å². The van der Waals surface area contributed by atoms with E-state index < -0.39 is 0 Å². The first-order valence-electron chi connectivity index (χ1n) is 4.36. The van der Waals surface area contributed by atoms with Crippen molar-refractivity contribution in [1.82, 2.24) is 0 Å². The van der Waals surface area contributed by atoms with Gasteiger partial charge >= 0.3 is 0 Å². The van der Waals surface area contributed by atoms with Crippen LogP contribution < -0.4 is 11.1 Å². The number of halogens is 1. The predicted molar refractivity (Wildman–Crippen MR) is 61.0 cm³/mol. The van der Waals surface area contributed by atoms with Gasteiger partial charge in [0.25, 0.3) is 0 Å². The highest BCUT2D eigenvalue weighted by molar-refractivity contribution is 9.10. The lowest BCUT2D eigenvalue weighted by Crippen LogP contribution is -2.25. The van der Waals surface area contributed by atoms with Crippen molar-refractivity contribution in [1.29, 1.82) is 0 Å². The topological polar surface area (TPSA) is 38.0 Å². The second kappa shape index (κ2) is 4.63. The fourth-order valence-corrected chi connectivity index (χ4v) is 1.44. The minimum absolute atomic E-state index is 0.313. The van der Waals surface area contributed by atoms with Crippen molar-refractivity contribution >= 4 is 21.6 Å². The van der Waals surface area contributed by atoms with E-state index >= 15 is 0 Å². The van der Waals surface area contributed by atoms with E-state index in [-0.39, 0.29) is 0 Å². The minimum atomic E-state index is 0.313. The maximum atomic E-state index is 5.53. The third-order valence-corrected chi connectivity index (χ3v) is 2.45. The number of aryl methyl sites for hydroxylation is 1. The summed E-state index contributed by atoms with van der Waals surface area (Å²) in [5.41, 5.74) is 7.92. The molecule has 1 aromatic rings. The van der Waals surface area contributed by atoms with E-state index in [4.69, 9.17) is 5.73 Å². The normalized spacial score (nSPS) is 12.6. The quantitative estimate of drug-likeness (QED) is 0.856. The molecule has 0 amide bonds. The zero-order valence-electron chi connectivity index (χ0n) is 7.97. The van der Waals surface area contributed by atoms with Gasteiger partial charge < -0.3 is 11.1 Å². The van der Waals surface area contributed by atoms with Crippen LogP contribution in [0.15, 0.2) is 22.7 Å². The molecule has 0 aliphatic heterocycles. The van der Waals surface area contributed by atoms with Crippen LogP contribution in [0.1, 0.15) is 12.5 Å². The lowest BCUT2D eigenvalue weighted by molar-refractivity contribution is 0.803. The SMILES string of the molecule is Cc1ccc(Br)cc1NC(C)CN. The summed E-state index contributed by atoms with van der Waals surface area (Å²) in [5, 5.41) is 3.35. The lowest BCUT2D eigenvalue weighted by atomic mass is 10.2. The summed E-state index contributed by atoms with van der Waals surface area (Å²) in [6, 6.07) is 6.50. The molecule has 0 heterocycles. The summed E-state index contributed by atoms with van der Waals surface area (Å²) in [6.07, 6.45) is 0. The zero-order chi connectivity index (χ0) is 9.84. The Morgan fingerprint density at radius 3 is 2.85 bits per heavy atom. The highest BCUT2D eigenvalue weighted by atomic mass is 79.9. The van der Waals surface area contributed by atoms with Crippen molar-refractivity contribution in [2.24, 2.45) is 5.73 Å². The first kappa shape index (κ1) is 10.5. The molecule has 3 heteroatoms. The molecule has 0 saturated heterocycles. The highest BCUT2D eigenvalue weighted by Crippen LogP contribution is 2.20. The number of rotatable bonds is 3. The molecule has 1 rings (SSSR count). The van der Waals surface area contributed by atoms with Gasteiger partial charge in [-0.15, -0.1) is 0 Å². The molecule has 1 aromatic carbocycles. The smallest absolute Gasteiger partial charge is 0.0383 e. The van der Waals surface area contributed by atoms with Crippen molar-refractivity contribution in [2.45, 2.75) is 19.9 Å². The van der Waals surface area contributed by atoms with Crippen LogP contribution in [0, 0.1) is 6.92 Å². The molecule has 0 bridgehead atoms. The van der Waals surface area contributed by atoms with Gasteiger partial charge in [0.2, 0.25) is 0 Å². The first-order valence-corrected chi connectivity index (χ1v) is 5.15. The fraction of sp³-hybridized carbons (Fsp3) is 0.400. The predicted octanol–water partition coefficient (Wildman–Crippen LogP) is 2.52. The zero-order valence-corrected chi connectivity index (χ0v) is 9.56. The molecule has 0 spiro atoms. The first-order chi connectivity index (χ1) is 6.13. The monoisotopic (exact) mass is 242 g/mol. The van der Waals surface area contributed by atoms with Crippen LogP contribution in [0.25, 0.3) is 0 Å². The third-order valence-electron chi connectivity index (χ3n) is 1.96. The summed E-state index contributed by atoms with van der Waals surface area (Å²) in [6.45, 7) is 4.80. The average Bonchev–Trinajstić information content (AvgIpc) is 2.11. The number of nitrogens with two attached hydrogens (primary N) is 1. The number of hydrogen-bond acceptors (Lipinski definition) is 2. The van der Waals surface area contributed by atoms with Gasteiger partial charge in [0, 0.05) is 22.7 Å². The second-order valence-electron chi connectivity index (χ2n) is 3.24. The van der Waals surface area contributed by atoms with Crippen LogP contribution in [0.5, 0.6) is 0 Å². The molecule has 0 aromatic heterocycles. The number of hydrogen-bond donors (Lipinski definition) is 2. The second-order valence-corrected chi connectivity index (χ2v) is 4.16. The Balaban J connectivity index is 2.81. The summed E-state index contributed by atoms with van der Waals surface area (Å²) in [4.78, 5) is 0. The van der Waals surface area contributed by atoms with Crippen molar-refractivity contribution < 1.29 is 0 Å². The van der Waals surface area contributed by atoms with Crippen LogP contribution in [-0.4, -0.2) is 12.6 Å². The van der Waals surface area contributed by atoms with Crippen LogP contribution in [-0.2, 0) is 0 Å². The maximum Gasteiger partial charge on any atom is 0.0383 e. The van der Waals surface area contributed by atoms with Crippen molar-refractivity contribution in [3.05, 3.63) is 28.2 Å². The van der Waals surface area contributed by atoms with Gasteiger partial charge in [-0.1, -0.05) is 22.0 Å². The van der Waals surface area contributed by atoms with E-state index in [1.54, 1.807) is 0 Å². The molecule has 72 valence electrons. The molecule has 0 aliphatic rings. The van der Waals surface area contributed by atoms with E-state index in [0.717, 1.165) is 10.2 Å². The molecule has 0 radical (unpaired) electrons. The maximum absolute atomic E-state index is 5.53. The largest absolute Gasteiger partial charge is 0.381 e. The Morgan fingerprint density at radius 2 is 2.23 bits per heavy atom. The fourth-order valence-electron chi connectivity index (χ4n) is 1.07. The molecule has 0 fully saturated rings. The molecule has 1 unspecified atom stereocenters. The highest BCUT2D eigenvalue weighted by Gasteiger charge is 2.02. The molecule has 13 heavy (non-hydrogen) atoms. The van der Waals surface area contributed by atoms with Gasteiger partial charge in [-0.25, -0.2) is 0 Å². The minimum Gasteiger partial charge on any atom is -0.381 e. The van der Waals surface area contributed by atoms with Gasteiger partial charge in [-0.05, 0) is 31.5 Å². The van der Waals surface area contributed by atoms with Gasteiger partial charge in [-0.2, -0.15) is 0 Å². The molecule has 2 nitrogen and oxygen atoms in total. The van der Waals surface area contributed by atoms with Crippen molar-refractivity contribution in [3.63, 3.8) is 0 Å². The molecule has 3 N–H and O–H groups in total. The average molecular weight is 243 g/mol. The summed E-state index contributed by atoms with van der Waals surface area (Å²) < 4.78 is 1.09. The van der Waals surface area contributed by atoms with Gasteiger partial charge in [0.05, 0.1) is 0 Å². The van der Waals surface area contributed by atoms with Crippen LogP contribution in [0.4, 0.5) is 5.69 Å². The van der Waals surface area contributed by atoms with Gasteiger partial charge in [0.1, 0.15) is 0 Å². The number of benzene rings is 1. The molecular formula is C10H15BrN2. The summed E-state index contributed by atoms with van der Waals surface area (Å²) in [7, 11) is 0. The Hall–Kier alpha value is -0.540. The molecule has 0 aliphatic carbocycles. The van der Waals surface area contributed by atoms with Gasteiger partial charge in [0.15, 0.2) is 0 Å². The van der Waals surface area contributed by atoms with Crippen LogP contribution in [0.2, 0.25) is 0 Å². The number of anilines is 1. The summed E-state index contributed by atoms with van der Waals surface area (Å²) in [5.74, 6) is 0. The molecule has 0 saturated carbocycles. The van der Waals surface area contributed by atoms with Crippen molar-refractivity contribution in [2.75, 3.05) is 11.9 Å². The van der Waals surface area contributed by atoms with E-state index in [9.17, 15) is 0 Å². The van der Waals surface area contributed by atoms with E-state index in [1.807, 2.05) is 6.07 Å². The van der Waals surface area contributed by atoms with E-state index in [0.29, 0.717) is 12.6 Å². The Morgan fingerprint density at radius 1 is 1.54 bits per heavy atom.